The average Bonchev–Trinajstić information content (AvgIpc) is 1.75. The maximum Gasteiger partial charge on any atom is 0.409 e. The summed E-state index contributed by atoms with van der Waals surface area (Å²) in [7, 11) is 8.39. The third-order valence-electron chi connectivity index (χ3n) is 15.6. The van der Waals surface area contributed by atoms with Crippen LogP contribution in [0, 0.1) is 12.8 Å². The number of benzene rings is 2. The zero-order valence-electron chi connectivity index (χ0n) is 51.1. The number of alkyl carbamates (subject to hydrolysis) is 1. The molecule has 3 aliphatic heterocycles. The molecular formula is C61H90ClN7O16. The molecule has 3 aliphatic rings. The Labute approximate surface area is 504 Å². The number of fused-ring (bicyclic) bond motifs is 6. The standard InChI is InChI=1S/C61H90ClN7O16/c1-41-14-13-17-51(76-10)61(75)39-50(83-59(74)65-61)43(3)57-60(5,85-57)52(38-55(72)68(9)49-36-45(34-41)35-42(2)56(49)62)84-58(73)44(4)67(8)54(71)19-22-77-24-26-79-28-30-81-32-33-82-31-29-80-27-25-78-23-20-64-53(70)18-21-69-47(40-66(7)63-6)37-46-15-11-12-16-48(46)69/h11-17,35-37,43-44,50-52,57,63,75H,18-34,38-40H2,1-10H3,(H,64,70)(H,65,74)/b17-13+,41-14+/t43-,44+,50+,51-,52+,57?,60+,61+/m1/s1. The van der Waals surface area contributed by atoms with Gasteiger partial charge in [-0.25, -0.2) is 14.6 Å². The molecule has 4 N–H and O–H groups in total. The molecule has 0 spiro atoms. The topological polar surface area (TPSA) is 252 Å². The molecule has 4 bridgehead atoms. The molecule has 2 fully saturated rings. The second kappa shape index (κ2) is 33.5. The number of carbonyl (C=O) groups excluding carboxylic acids is 5. The molecule has 8 atom stereocenters. The van der Waals surface area contributed by atoms with Crippen LogP contribution in [-0.4, -0.2) is 212 Å². The number of carbonyl (C=O) groups is 5. The highest BCUT2D eigenvalue weighted by molar-refractivity contribution is 6.34. The molecule has 0 aliphatic carbocycles. The lowest BCUT2D eigenvalue weighted by molar-refractivity contribution is -0.162. The van der Waals surface area contributed by atoms with E-state index in [1.807, 2.05) is 63.3 Å². The van der Waals surface area contributed by atoms with Crippen molar-refractivity contribution in [1.29, 1.82) is 0 Å². The van der Waals surface area contributed by atoms with Crippen LogP contribution < -0.4 is 21.0 Å². The average molecular weight is 1210 g/mol. The van der Waals surface area contributed by atoms with Gasteiger partial charge in [-0.3, -0.25) is 25.1 Å². The van der Waals surface area contributed by atoms with E-state index in [4.69, 9.17) is 59.0 Å². The van der Waals surface area contributed by atoms with Crippen LogP contribution in [0.25, 0.3) is 10.9 Å². The van der Waals surface area contributed by atoms with Crippen LogP contribution in [0.4, 0.5) is 10.5 Å². The first-order valence-corrected chi connectivity index (χ1v) is 29.5. The Hall–Kier alpha value is -5.54. The smallest absolute Gasteiger partial charge is 0.409 e. The van der Waals surface area contributed by atoms with Crippen molar-refractivity contribution in [2.24, 2.45) is 5.92 Å². The summed E-state index contributed by atoms with van der Waals surface area (Å²) in [4.78, 5) is 69.9. The first-order valence-electron chi connectivity index (χ1n) is 29.2. The van der Waals surface area contributed by atoms with Crippen molar-refractivity contribution in [2.75, 3.05) is 126 Å². The second-order valence-electron chi connectivity index (χ2n) is 22.0. The molecular weight excluding hydrogens is 1120 g/mol. The van der Waals surface area contributed by atoms with Crippen molar-refractivity contribution in [3.05, 3.63) is 88.1 Å². The number of hydrogen-bond acceptors (Lipinski definition) is 18. The number of amides is 4. The van der Waals surface area contributed by atoms with E-state index in [1.165, 1.54) is 30.9 Å². The number of allylic oxidation sites excluding steroid dienone is 3. The number of aryl methyl sites for hydroxylation is 2. The Morgan fingerprint density at radius 2 is 1.53 bits per heavy atom. The fourth-order valence-electron chi connectivity index (χ4n) is 10.3. The number of rotatable bonds is 31. The molecule has 0 saturated carbocycles. The third-order valence-corrected chi connectivity index (χ3v) is 16.1. The number of para-hydroxylation sites is 1. The van der Waals surface area contributed by atoms with Crippen molar-refractivity contribution in [3.63, 3.8) is 0 Å². The van der Waals surface area contributed by atoms with Gasteiger partial charge in [-0.05, 0) is 75.9 Å². The molecule has 472 valence electrons. The predicted octanol–water partition coefficient (Wildman–Crippen LogP) is 5.03. The molecule has 85 heavy (non-hydrogen) atoms. The molecule has 23 nitrogen and oxygen atoms in total. The summed E-state index contributed by atoms with van der Waals surface area (Å²) < 4.78 is 59.6. The second-order valence-corrected chi connectivity index (χ2v) is 22.3. The van der Waals surface area contributed by atoms with Crippen LogP contribution in [0.3, 0.4) is 0 Å². The van der Waals surface area contributed by atoms with Crippen LogP contribution in [0.15, 0.2) is 66.3 Å². The summed E-state index contributed by atoms with van der Waals surface area (Å²) >= 11 is 6.83. The molecule has 2 aromatic carbocycles. The molecule has 2 saturated heterocycles. The highest BCUT2D eigenvalue weighted by Crippen LogP contribution is 2.49. The number of ether oxygens (including phenoxy) is 10. The van der Waals surface area contributed by atoms with E-state index in [1.54, 1.807) is 33.0 Å². The normalized spacial score (nSPS) is 24.0. The lowest BCUT2D eigenvalue weighted by atomic mass is 9.83. The first kappa shape index (κ1) is 68.6. The molecule has 6 rings (SSSR count). The summed E-state index contributed by atoms with van der Waals surface area (Å²) in [5.41, 5.74) is 5.36. The molecule has 0 radical (unpaired) electrons. The van der Waals surface area contributed by atoms with Crippen LogP contribution >= 0.6 is 11.6 Å². The van der Waals surface area contributed by atoms with Crippen LogP contribution in [-0.2, 0) is 86.1 Å². The number of esters is 1. The van der Waals surface area contributed by atoms with Crippen molar-refractivity contribution in [1.82, 2.24) is 30.5 Å². The Kier molecular flexibility index (Phi) is 27.1. The number of aromatic nitrogens is 1. The maximum atomic E-state index is 14.3. The van der Waals surface area contributed by atoms with Gasteiger partial charge in [0.25, 0.3) is 0 Å². The highest BCUT2D eigenvalue weighted by atomic mass is 35.5. The van der Waals surface area contributed by atoms with Crippen LogP contribution in [0.2, 0.25) is 5.02 Å². The van der Waals surface area contributed by atoms with Crippen molar-refractivity contribution >= 4 is 58.0 Å². The lowest BCUT2D eigenvalue weighted by Gasteiger charge is -2.42. The minimum atomic E-state index is -1.85. The lowest BCUT2D eigenvalue weighted by Crippen LogP contribution is -2.63. The minimum absolute atomic E-state index is 0.0220. The molecule has 1 unspecified atom stereocenters. The Morgan fingerprint density at radius 3 is 2.16 bits per heavy atom. The van der Waals surface area contributed by atoms with Crippen LogP contribution in [0.5, 0.6) is 0 Å². The molecule has 24 heteroatoms. The largest absolute Gasteiger partial charge is 0.457 e. The van der Waals surface area contributed by atoms with E-state index in [0.717, 1.165) is 33.3 Å². The molecule has 4 amide bonds. The number of halogens is 1. The molecule has 4 heterocycles. The van der Waals surface area contributed by atoms with Gasteiger partial charge in [0, 0.05) is 71.3 Å². The van der Waals surface area contributed by atoms with Gasteiger partial charge < -0.3 is 72.2 Å². The zero-order chi connectivity index (χ0) is 61.7. The van der Waals surface area contributed by atoms with E-state index >= 15 is 0 Å². The Bertz CT molecular complexity index is 2750. The van der Waals surface area contributed by atoms with Crippen molar-refractivity contribution < 1.29 is 76.4 Å². The number of hydrazine groups is 1. The number of epoxide rings is 1. The quantitative estimate of drug-likeness (QED) is 0.0285. The van der Waals surface area contributed by atoms with E-state index < -0.39 is 65.7 Å². The predicted molar refractivity (Wildman–Crippen MR) is 319 cm³/mol. The van der Waals surface area contributed by atoms with E-state index in [-0.39, 0.29) is 50.9 Å². The number of nitrogens with zero attached hydrogens (tertiary/aromatic N) is 4. The van der Waals surface area contributed by atoms with Gasteiger partial charge in [0.05, 0.1) is 115 Å². The van der Waals surface area contributed by atoms with Gasteiger partial charge in [-0.15, -0.1) is 0 Å². The molecule has 1 aromatic heterocycles. The van der Waals surface area contributed by atoms with E-state index in [2.05, 4.69) is 38.8 Å². The van der Waals surface area contributed by atoms with Gasteiger partial charge in [0.2, 0.25) is 17.7 Å². The van der Waals surface area contributed by atoms with Crippen molar-refractivity contribution in [2.45, 2.75) is 122 Å². The number of aliphatic hydroxyl groups is 1. The minimum Gasteiger partial charge on any atom is -0.457 e. The monoisotopic (exact) mass is 1210 g/mol. The van der Waals surface area contributed by atoms with Crippen LogP contribution in [0.1, 0.15) is 70.2 Å². The fourth-order valence-corrected chi connectivity index (χ4v) is 10.6. The Balaban J connectivity index is 0.833. The first-order chi connectivity index (χ1) is 40.7. The SMILES string of the molecule is CNN(C)Cc1cc2ccccc2n1CCC(=O)NCCOCCOCCOCCOCCOCCOCCC(=O)N(C)[C@@H](C)C(=O)O[C@H]1CC(=O)N(C)c2cc(cc(C)c2Cl)C/C(C)=C/C=C/[C@@H](OC)[C@@]2(O)C[C@H](OC(=O)N2)[C@@H](C)C2O[C@]21C. The van der Waals surface area contributed by atoms with Gasteiger partial charge in [-0.2, -0.15) is 0 Å². The molecule has 3 aromatic rings. The summed E-state index contributed by atoms with van der Waals surface area (Å²) in [5, 5.41) is 20.8. The highest BCUT2D eigenvalue weighted by Gasteiger charge is 2.64. The number of likely N-dealkylation sites (N-methyl/N-ethyl adjacent to an activating group) is 1. The summed E-state index contributed by atoms with van der Waals surface area (Å²) in [6.45, 7) is 14.6. The van der Waals surface area contributed by atoms with Gasteiger partial charge in [0.1, 0.15) is 30.0 Å². The van der Waals surface area contributed by atoms with Gasteiger partial charge in [0.15, 0.2) is 5.72 Å². The fraction of sp³-hybridized carbons (Fsp3) is 0.623. The third kappa shape index (κ3) is 20.0. The van der Waals surface area contributed by atoms with Gasteiger partial charge >= 0.3 is 12.1 Å². The number of hydrogen-bond donors (Lipinski definition) is 4. The van der Waals surface area contributed by atoms with Gasteiger partial charge in [-0.1, -0.05) is 66.6 Å². The summed E-state index contributed by atoms with van der Waals surface area (Å²) in [6, 6.07) is 13.1. The van der Waals surface area contributed by atoms with E-state index in [9.17, 15) is 29.1 Å². The summed E-state index contributed by atoms with van der Waals surface area (Å²) in [5.74, 6) is -2.14. The summed E-state index contributed by atoms with van der Waals surface area (Å²) in [6.07, 6.45) is 1.24. The van der Waals surface area contributed by atoms with E-state index in [0.29, 0.717) is 103 Å². The maximum absolute atomic E-state index is 14.3. The zero-order valence-corrected chi connectivity index (χ0v) is 51.9. The Morgan fingerprint density at radius 1 is 0.906 bits per heavy atom. The number of nitrogens with one attached hydrogen (secondary N) is 3. The number of anilines is 1. The number of methoxy groups -OCH3 is 1. The van der Waals surface area contributed by atoms with Crippen molar-refractivity contribution in [3.8, 4) is 0 Å².